The first-order valence-corrected chi connectivity index (χ1v) is 4.31. The minimum Gasteiger partial charge on any atom is -0.256 e. The van der Waals surface area contributed by atoms with Gasteiger partial charge in [0.2, 0.25) is 0 Å². The first kappa shape index (κ1) is 7.38. The molecule has 3 heteroatoms. The summed E-state index contributed by atoms with van der Waals surface area (Å²) in [7, 11) is 0. The maximum atomic E-state index is 4.26. The Morgan fingerprint density at radius 1 is 1.07 bits per heavy atom. The van der Waals surface area contributed by atoms with Crippen LogP contribution in [-0.2, 0) is 0 Å². The summed E-state index contributed by atoms with van der Waals surface area (Å²) in [5.74, 6) is 0. The van der Waals surface area contributed by atoms with E-state index in [4.69, 9.17) is 0 Å². The van der Waals surface area contributed by atoms with E-state index >= 15 is 0 Å². The number of fused-ring (bicyclic) bond motifs is 2. The Morgan fingerprint density at radius 2 is 2.07 bits per heavy atom. The third-order valence-corrected chi connectivity index (χ3v) is 2.18. The highest BCUT2D eigenvalue weighted by Gasteiger charge is 1.98. The number of pyridine rings is 1. The summed E-state index contributed by atoms with van der Waals surface area (Å²) in [6.45, 7) is 0. The molecule has 0 bridgehead atoms. The summed E-state index contributed by atoms with van der Waals surface area (Å²) in [5, 5.41) is 2.12. The van der Waals surface area contributed by atoms with Crippen LogP contribution in [0.15, 0.2) is 36.7 Å². The van der Waals surface area contributed by atoms with Crippen LogP contribution in [0.5, 0.6) is 0 Å². The Hall–Kier alpha value is -2.03. The number of nitrogens with zero attached hydrogens (tertiary/aromatic N) is 3. The molecule has 0 atom stereocenters. The maximum Gasteiger partial charge on any atom is 0.198 e. The molecule has 0 saturated heterocycles. The summed E-state index contributed by atoms with van der Waals surface area (Å²) < 4.78 is 0. The SMILES string of the molecule is [c]1ncc2cc3cccnc3cc2n1. The fourth-order valence-electron chi connectivity index (χ4n) is 1.51. The molecular weight excluding hydrogens is 174 g/mol. The summed E-state index contributed by atoms with van der Waals surface area (Å²) >= 11 is 0. The molecule has 0 saturated carbocycles. The minimum atomic E-state index is 0.881. The Labute approximate surface area is 80.5 Å². The molecule has 3 nitrogen and oxygen atoms in total. The predicted molar refractivity (Wildman–Crippen MR) is 53.7 cm³/mol. The lowest BCUT2D eigenvalue weighted by Crippen LogP contribution is -1.83. The molecule has 2 heterocycles. The zero-order valence-electron chi connectivity index (χ0n) is 7.31. The molecule has 3 aromatic rings. The molecular formula is C11H6N3. The molecule has 0 aliphatic rings. The predicted octanol–water partition coefficient (Wildman–Crippen LogP) is 1.98. The molecule has 0 spiro atoms. The van der Waals surface area contributed by atoms with Gasteiger partial charge in [0.15, 0.2) is 6.33 Å². The first-order valence-electron chi connectivity index (χ1n) is 4.31. The molecule has 0 unspecified atom stereocenters. The quantitative estimate of drug-likeness (QED) is 0.496. The van der Waals surface area contributed by atoms with Crippen molar-refractivity contribution in [2.75, 3.05) is 0 Å². The minimum absolute atomic E-state index is 0.881. The maximum absolute atomic E-state index is 4.26. The van der Waals surface area contributed by atoms with Gasteiger partial charge in [-0.2, -0.15) is 0 Å². The lowest BCUT2D eigenvalue weighted by Gasteiger charge is -1.98. The van der Waals surface area contributed by atoms with Crippen LogP contribution in [0.2, 0.25) is 0 Å². The summed E-state index contributed by atoms with van der Waals surface area (Å²) in [4.78, 5) is 12.2. The van der Waals surface area contributed by atoms with Crippen LogP contribution in [0, 0.1) is 6.33 Å². The number of benzene rings is 1. The summed E-state index contributed by atoms with van der Waals surface area (Å²) in [6.07, 6.45) is 6.11. The third-order valence-electron chi connectivity index (χ3n) is 2.18. The van der Waals surface area contributed by atoms with Crippen molar-refractivity contribution in [3.05, 3.63) is 43.0 Å². The van der Waals surface area contributed by atoms with Crippen LogP contribution < -0.4 is 0 Å². The zero-order valence-corrected chi connectivity index (χ0v) is 7.31. The molecule has 0 N–H and O–H groups in total. The number of rotatable bonds is 0. The van der Waals surface area contributed by atoms with E-state index in [1.807, 2.05) is 24.3 Å². The van der Waals surface area contributed by atoms with Crippen molar-refractivity contribution in [3.8, 4) is 0 Å². The lowest BCUT2D eigenvalue weighted by molar-refractivity contribution is 1.20. The van der Waals surface area contributed by atoms with Gasteiger partial charge in [0.05, 0.1) is 11.0 Å². The highest BCUT2D eigenvalue weighted by Crippen LogP contribution is 2.17. The van der Waals surface area contributed by atoms with Gasteiger partial charge < -0.3 is 0 Å². The highest BCUT2D eigenvalue weighted by atomic mass is 14.8. The van der Waals surface area contributed by atoms with E-state index < -0.39 is 0 Å². The van der Waals surface area contributed by atoms with Gasteiger partial charge in [-0.1, -0.05) is 6.07 Å². The van der Waals surface area contributed by atoms with E-state index in [0.29, 0.717) is 0 Å². The van der Waals surface area contributed by atoms with Crippen LogP contribution in [0.4, 0.5) is 0 Å². The highest BCUT2D eigenvalue weighted by molar-refractivity contribution is 5.93. The third kappa shape index (κ3) is 1.03. The van der Waals surface area contributed by atoms with Gasteiger partial charge in [-0.05, 0) is 18.2 Å². The number of hydrogen-bond donors (Lipinski definition) is 0. The van der Waals surface area contributed by atoms with Gasteiger partial charge in [0, 0.05) is 23.2 Å². The van der Waals surface area contributed by atoms with Crippen molar-refractivity contribution < 1.29 is 0 Å². The summed E-state index contributed by atoms with van der Waals surface area (Å²) in [6, 6.07) is 7.93. The van der Waals surface area contributed by atoms with Crippen LogP contribution >= 0.6 is 0 Å². The second-order valence-corrected chi connectivity index (χ2v) is 3.08. The van der Waals surface area contributed by atoms with Gasteiger partial charge in [0.25, 0.3) is 0 Å². The standard InChI is InChI=1S/C11H6N3/c1-2-8-4-9-6-12-7-14-11(9)5-10(8)13-3-1/h1-6H. The van der Waals surface area contributed by atoms with E-state index in [9.17, 15) is 0 Å². The van der Waals surface area contributed by atoms with E-state index in [-0.39, 0.29) is 0 Å². The van der Waals surface area contributed by atoms with Gasteiger partial charge >= 0.3 is 0 Å². The Morgan fingerprint density at radius 3 is 3.07 bits per heavy atom. The van der Waals surface area contributed by atoms with Gasteiger partial charge in [-0.3, -0.25) is 4.98 Å². The fourth-order valence-corrected chi connectivity index (χ4v) is 1.51. The largest absolute Gasteiger partial charge is 0.256 e. The normalized spacial score (nSPS) is 10.9. The monoisotopic (exact) mass is 180 g/mol. The molecule has 3 rings (SSSR count). The van der Waals surface area contributed by atoms with E-state index in [0.717, 1.165) is 21.8 Å². The number of hydrogen-bond acceptors (Lipinski definition) is 3. The molecule has 65 valence electrons. The van der Waals surface area contributed by atoms with E-state index in [1.165, 1.54) is 0 Å². The molecule has 1 aromatic carbocycles. The van der Waals surface area contributed by atoms with Crippen molar-refractivity contribution in [1.82, 2.24) is 15.0 Å². The fraction of sp³-hybridized carbons (Fsp3) is 0. The zero-order chi connectivity index (χ0) is 9.38. The van der Waals surface area contributed by atoms with Crippen LogP contribution in [0.3, 0.4) is 0 Å². The Balaban J connectivity index is 2.52. The molecule has 0 aliphatic carbocycles. The Kier molecular flexibility index (Phi) is 1.44. The van der Waals surface area contributed by atoms with Crippen molar-refractivity contribution in [2.45, 2.75) is 0 Å². The van der Waals surface area contributed by atoms with Crippen molar-refractivity contribution in [3.63, 3.8) is 0 Å². The molecule has 1 radical (unpaired) electrons. The molecule has 2 aromatic heterocycles. The van der Waals surface area contributed by atoms with Crippen molar-refractivity contribution >= 4 is 21.8 Å². The average molecular weight is 180 g/mol. The Bertz CT molecular complexity index is 499. The van der Waals surface area contributed by atoms with Gasteiger partial charge in [-0.15, -0.1) is 0 Å². The van der Waals surface area contributed by atoms with Gasteiger partial charge in [-0.25, -0.2) is 9.97 Å². The molecule has 0 amide bonds. The second kappa shape index (κ2) is 2.73. The first-order chi connectivity index (χ1) is 6.93. The molecule has 0 aliphatic heterocycles. The molecule has 14 heavy (non-hydrogen) atoms. The van der Waals surface area contributed by atoms with Crippen molar-refractivity contribution in [1.29, 1.82) is 0 Å². The van der Waals surface area contributed by atoms with Crippen LogP contribution in [-0.4, -0.2) is 15.0 Å². The number of aromatic nitrogens is 3. The van der Waals surface area contributed by atoms with Gasteiger partial charge in [0.1, 0.15) is 0 Å². The average Bonchev–Trinajstić information content (AvgIpc) is 2.26. The van der Waals surface area contributed by atoms with Crippen molar-refractivity contribution in [2.24, 2.45) is 0 Å². The van der Waals surface area contributed by atoms with E-state index in [1.54, 1.807) is 12.4 Å². The van der Waals surface area contributed by atoms with Crippen LogP contribution in [0.25, 0.3) is 21.8 Å². The summed E-state index contributed by atoms with van der Waals surface area (Å²) in [5.41, 5.74) is 1.83. The lowest BCUT2D eigenvalue weighted by atomic mass is 10.1. The second-order valence-electron chi connectivity index (χ2n) is 3.08. The topological polar surface area (TPSA) is 38.7 Å². The molecule has 0 fully saturated rings. The van der Waals surface area contributed by atoms with Crippen LogP contribution in [0.1, 0.15) is 0 Å². The smallest absolute Gasteiger partial charge is 0.198 e. The van der Waals surface area contributed by atoms with E-state index in [2.05, 4.69) is 21.3 Å².